The van der Waals surface area contributed by atoms with Gasteiger partial charge >= 0.3 is 0 Å². The van der Waals surface area contributed by atoms with Gasteiger partial charge in [-0.05, 0) is 42.9 Å². The first-order valence-electron chi connectivity index (χ1n) is 9.46. The van der Waals surface area contributed by atoms with Gasteiger partial charge in [-0.3, -0.25) is 4.90 Å². The summed E-state index contributed by atoms with van der Waals surface area (Å²) in [7, 11) is 0. The lowest BCUT2D eigenvalue weighted by molar-refractivity contribution is 0.0516. The number of halogens is 2. The minimum Gasteiger partial charge on any atom is -0.381 e. The van der Waals surface area contributed by atoms with Gasteiger partial charge in [0.05, 0.1) is 5.69 Å². The second-order valence-corrected chi connectivity index (χ2v) is 7.42. The zero-order valence-electron chi connectivity index (χ0n) is 15.0. The van der Waals surface area contributed by atoms with E-state index in [1.807, 2.05) is 6.20 Å². The third kappa shape index (κ3) is 4.13. The molecule has 1 saturated heterocycles. The number of imidazole rings is 1. The average Bonchev–Trinajstić information content (AvgIpc) is 2.85. The predicted octanol–water partition coefficient (Wildman–Crippen LogP) is 3.38. The fraction of sp³-hybridized carbons (Fsp3) is 0.550. The van der Waals surface area contributed by atoms with Crippen molar-refractivity contribution < 1.29 is 13.5 Å². The third-order valence-electron chi connectivity index (χ3n) is 5.40. The molecule has 140 valence electrons. The van der Waals surface area contributed by atoms with E-state index in [9.17, 15) is 8.78 Å². The van der Waals surface area contributed by atoms with E-state index in [-0.39, 0.29) is 0 Å². The minimum absolute atomic E-state index is 0.453. The SMILES string of the molecule is Fc1cc(F)cc(Cc2ncc3n2CCCN(CC2CCOCC2)C3)c1. The van der Waals surface area contributed by atoms with Gasteiger partial charge in [0, 0.05) is 58.1 Å². The third-order valence-corrected chi connectivity index (χ3v) is 5.40. The molecule has 0 N–H and O–H groups in total. The summed E-state index contributed by atoms with van der Waals surface area (Å²) < 4.78 is 34.6. The summed E-state index contributed by atoms with van der Waals surface area (Å²) in [5, 5.41) is 0. The first-order valence-corrected chi connectivity index (χ1v) is 9.46. The molecule has 0 radical (unpaired) electrons. The molecular formula is C20H25F2N3O. The summed E-state index contributed by atoms with van der Waals surface area (Å²) in [6.07, 6.45) is 5.73. The van der Waals surface area contributed by atoms with Crippen molar-refractivity contribution in [1.82, 2.24) is 14.5 Å². The highest BCUT2D eigenvalue weighted by Gasteiger charge is 2.22. The van der Waals surface area contributed by atoms with Crippen molar-refractivity contribution in [2.24, 2.45) is 5.92 Å². The molecule has 2 aromatic rings. The first kappa shape index (κ1) is 17.6. The Morgan fingerprint density at radius 2 is 1.85 bits per heavy atom. The van der Waals surface area contributed by atoms with E-state index in [2.05, 4.69) is 14.5 Å². The van der Waals surface area contributed by atoms with Crippen molar-refractivity contribution in [1.29, 1.82) is 0 Å². The van der Waals surface area contributed by atoms with Crippen molar-refractivity contribution in [2.45, 2.75) is 38.8 Å². The Bertz CT molecular complexity index is 735. The van der Waals surface area contributed by atoms with Gasteiger partial charge in [0.25, 0.3) is 0 Å². The molecule has 26 heavy (non-hydrogen) atoms. The van der Waals surface area contributed by atoms with Crippen LogP contribution in [-0.2, 0) is 24.2 Å². The van der Waals surface area contributed by atoms with E-state index in [1.54, 1.807) is 0 Å². The van der Waals surface area contributed by atoms with E-state index in [0.717, 1.165) is 70.5 Å². The molecule has 0 bridgehead atoms. The Morgan fingerprint density at radius 1 is 1.08 bits per heavy atom. The van der Waals surface area contributed by atoms with E-state index in [4.69, 9.17) is 4.74 Å². The van der Waals surface area contributed by atoms with Crippen LogP contribution < -0.4 is 0 Å². The summed E-state index contributed by atoms with van der Waals surface area (Å²) in [4.78, 5) is 7.06. The Balaban J connectivity index is 1.46. The molecule has 1 aromatic heterocycles. The average molecular weight is 361 g/mol. The van der Waals surface area contributed by atoms with Gasteiger partial charge in [0.2, 0.25) is 0 Å². The van der Waals surface area contributed by atoms with Crippen LogP contribution in [0.3, 0.4) is 0 Å². The summed E-state index contributed by atoms with van der Waals surface area (Å²) in [6, 6.07) is 3.68. The van der Waals surface area contributed by atoms with E-state index < -0.39 is 11.6 Å². The Morgan fingerprint density at radius 3 is 2.62 bits per heavy atom. The van der Waals surface area contributed by atoms with Gasteiger partial charge in [0.15, 0.2) is 0 Å². The number of nitrogens with zero attached hydrogens (tertiary/aromatic N) is 3. The molecule has 0 atom stereocenters. The van der Waals surface area contributed by atoms with Gasteiger partial charge in [-0.2, -0.15) is 0 Å². The van der Waals surface area contributed by atoms with E-state index in [0.29, 0.717) is 17.9 Å². The van der Waals surface area contributed by atoms with Crippen LogP contribution in [0.5, 0.6) is 0 Å². The molecule has 0 saturated carbocycles. The predicted molar refractivity (Wildman–Crippen MR) is 94.8 cm³/mol. The van der Waals surface area contributed by atoms with Crippen LogP contribution in [0, 0.1) is 17.6 Å². The lowest BCUT2D eigenvalue weighted by Gasteiger charge is -2.28. The molecule has 2 aliphatic heterocycles. The van der Waals surface area contributed by atoms with E-state index in [1.165, 1.54) is 17.8 Å². The summed E-state index contributed by atoms with van der Waals surface area (Å²) in [6.45, 7) is 5.75. The largest absolute Gasteiger partial charge is 0.381 e. The second kappa shape index (κ2) is 7.84. The molecule has 6 heteroatoms. The lowest BCUT2D eigenvalue weighted by Crippen LogP contribution is -2.32. The fourth-order valence-electron chi connectivity index (χ4n) is 4.10. The van der Waals surface area contributed by atoms with Gasteiger partial charge < -0.3 is 9.30 Å². The first-order chi connectivity index (χ1) is 12.7. The molecule has 3 heterocycles. The number of hydrogen-bond acceptors (Lipinski definition) is 3. The molecule has 0 spiro atoms. The lowest BCUT2D eigenvalue weighted by atomic mass is 9.99. The molecule has 4 nitrogen and oxygen atoms in total. The molecule has 0 amide bonds. The molecule has 0 aliphatic carbocycles. The van der Waals surface area contributed by atoms with Crippen molar-refractivity contribution in [3.8, 4) is 0 Å². The quantitative estimate of drug-likeness (QED) is 0.836. The zero-order valence-corrected chi connectivity index (χ0v) is 15.0. The summed E-state index contributed by atoms with van der Waals surface area (Å²) in [5.41, 5.74) is 1.82. The number of rotatable bonds is 4. The summed E-state index contributed by atoms with van der Waals surface area (Å²) >= 11 is 0. The van der Waals surface area contributed by atoms with Gasteiger partial charge in [-0.1, -0.05) is 0 Å². The van der Waals surface area contributed by atoms with Crippen LogP contribution in [-0.4, -0.2) is 40.8 Å². The molecule has 2 aliphatic rings. The molecule has 0 unspecified atom stereocenters. The number of benzene rings is 1. The Labute approximate surface area is 152 Å². The van der Waals surface area contributed by atoms with Crippen LogP contribution in [0.25, 0.3) is 0 Å². The molecule has 4 rings (SSSR count). The van der Waals surface area contributed by atoms with Crippen molar-refractivity contribution in [3.63, 3.8) is 0 Å². The number of aromatic nitrogens is 2. The molecule has 1 fully saturated rings. The van der Waals surface area contributed by atoms with Gasteiger partial charge in [-0.25, -0.2) is 13.8 Å². The number of fused-ring (bicyclic) bond motifs is 1. The van der Waals surface area contributed by atoms with Crippen molar-refractivity contribution in [2.75, 3.05) is 26.3 Å². The fourth-order valence-corrected chi connectivity index (χ4v) is 4.10. The topological polar surface area (TPSA) is 30.3 Å². The minimum atomic E-state index is -0.537. The molecule has 1 aromatic carbocycles. The highest BCUT2D eigenvalue weighted by molar-refractivity contribution is 5.23. The zero-order chi connectivity index (χ0) is 17.9. The van der Waals surface area contributed by atoms with Crippen molar-refractivity contribution >= 4 is 0 Å². The number of hydrogen-bond donors (Lipinski definition) is 0. The van der Waals surface area contributed by atoms with Gasteiger partial charge in [-0.15, -0.1) is 0 Å². The summed E-state index contributed by atoms with van der Waals surface area (Å²) in [5.74, 6) is 0.529. The van der Waals surface area contributed by atoms with Crippen LogP contribution in [0.15, 0.2) is 24.4 Å². The van der Waals surface area contributed by atoms with Crippen LogP contribution in [0.4, 0.5) is 8.78 Å². The maximum atomic E-state index is 13.5. The highest BCUT2D eigenvalue weighted by atomic mass is 19.1. The monoisotopic (exact) mass is 361 g/mol. The van der Waals surface area contributed by atoms with Gasteiger partial charge in [0.1, 0.15) is 17.5 Å². The smallest absolute Gasteiger partial charge is 0.126 e. The van der Waals surface area contributed by atoms with E-state index >= 15 is 0 Å². The van der Waals surface area contributed by atoms with Crippen LogP contribution in [0.2, 0.25) is 0 Å². The number of ether oxygens (including phenoxy) is 1. The highest BCUT2D eigenvalue weighted by Crippen LogP contribution is 2.22. The molecular weight excluding hydrogens is 336 g/mol. The maximum Gasteiger partial charge on any atom is 0.126 e. The standard InChI is InChI=1S/C20H25F2N3O/c21-17-8-16(9-18(22)11-17)10-20-23-12-19-14-24(4-1-5-25(19)20)13-15-2-6-26-7-3-15/h8-9,11-12,15H,1-7,10,13-14H2. The second-order valence-electron chi connectivity index (χ2n) is 7.42. The Kier molecular flexibility index (Phi) is 5.31. The maximum absolute atomic E-state index is 13.5. The van der Waals surface area contributed by atoms with Crippen LogP contribution in [0.1, 0.15) is 36.3 Å². The van der Waals surface area contributed by atoms with Crippen LogP contribution >= 0.6 is 0 Å². The normalized spacial score (nSPS) is 19.3. The van der Waals surface area contributed by atoms with Crippen molar-refractivity contribution in [3.05, 3.63) is 53.1 Å². The Hall–Kier alpha value is -1.79.